The number of hydrogen-bond acceptors (Lipinski definition) is 4. The summed E-state index contributed by atoms with van der Waals surface area (Å²) in [5, 5.41) is 4.43. The molecule has 0 aromatic carbocycles. The molecular formula is C14H23BrN4O. The van der Waals surface area contributed by atoms with Gasteiger partial charge in [0.15, 0.2) is 5.78 Å². The summed E-state index contributed by atoms with van der Waals surface area (Å²) in [6, 6.07) is 0.305. The Kier molecular flexibility index (Phi) is 5.35. The topological polar surface area (TPSA) is 64.2 Å². The summed E-state index contributed by atoms with van der Waals surface area (Å²) in [7, 11) is 0. The minimum absolute atomic E-state index is 0.246. The van der Waals surface area contributed by atoms with Crippen LogP contribution >= 0.6 is 15.9 Å². The molecule has 1 saturated heterocycles. The standard InChI is InChI=1S/C14H23BrN4O/c1-3-19-13(14(15)10(2)17-19)8-12(20)9-18-6-4-11(16)5-7-18/h11H,3-9,16H2,1-2H3. The van der Waals surface area contributed by atoms with Gasteiger partial charge in [-0.3, -0.25) is 14.4 Å². The molecule has 1 aromatic rings. The third-order valence-electron chi connectivity index (χ3n) is 3.85. The number of carbonyl (C=O) groups is 1. The van der Waals surface area contributed by atoms with Gasteiger partial charge in [0.05, 0.1) is 28.8 Å². The van der Waals surface area contributed by atoms with Crippen LogP contribution in [0.5, 0.6) is 0 Å². The Morgan fingerprint density at radius 2 is 2.10 bits per heavy atom. The van der Waals surface area contributed by atoms with E-state index in [0.29, 0.717) is 19.0 Å². The lowest BCUT2D eigenvalue weighted by atomic mass is 10.1. The number of piperidine rings is 1. The molecule has 112 valence electrons. The summed E-state index contributed by atoms with van der Waals surface area (Å²) in [5.74, 6) is 0.246. The number of aryl methyl sites for hydroxylation is 2. The van der Waals surface area contributed by atoms with Crippen LogP contribution in [0.2, 0.25) is 0 Å². The maximum Gasteiger partial charge on any atom is 0.152 e. The zero-order chi connectivity index (χ0) is 14.7. The number of nitrogens with zero attached hydrogens (tertiary/aromatic N) is 3. The van der Waals surface area contributed by atoms with E-state index in [-0.39, 0.29) is 5.78 Å². The highest BCUT2D eigenvalue weighted by Crippen LogP contribution is 2.22. The van der Waals surface area contributed by atoms with Crippen molar-refractivity contribution < 1.29 is 4.79 Å². The molecule has 1 aromatic heterocycles. The SMILES string of the molecule is CCn1nc(C)c(Br)c1CC(=O)CN1CCC(N)CC1. The fraction of sp³-hybridized carbons (Fsp3) is 0.714. The van der Waals surface area contributed by atoms with E-state index in [9.17, 15) is 4.79 Å². The van der Waals surface area contributed by atoms with Gasteiger partial charge in [-0.2, -0.15) is 5.10 Å². The number of likely N-dealkylation sites (tertiary alicyclic amines) is 1. The quantitative estimate of drug-likeness (QED) is 0.880. The van der Waals surface area contributed by atoms with Crippen LogP contribution in [0.15, 0.2) is 4.47 Å². The van der Waals surface area contributed by atoms with Gasteiger partial charge in [-0.15, -0.1) is 0 Å². The van der Waals surface area contributed by atoms with E-state index < -0.39 is 0 Å². The number of nitrogens with two attached hydrogens (primary N) is 1. The Morgan fingerprint density at radius 1 is 1.45 bits per heavy atom. The van der Waals surface area contributed by atoms with Crippen LogP contribution < -0.4 is 5.73 Å². The molecule has 1 fully saturated rings. The monoisotopic (exact) mass is 342 g/mol. The van der Waals surface area contributed by atoms with Crippen LogP contribution in [0.25, 0.3) is 0 Å². The average molecular weight is 343 g/mol. The van der Waals surface area contributed by atoms with Gasteiger partial charge in [0.25, 0.3) is 0 Å². The first kappa shape index (κ1) is 15.7. The van der Waals surface area contributed by atoms with Gasteiger partial charge >= 0.3 is 0 Å². The molecule has 2 N–H and O–H groups in total. The van der Waals surface area contributed by atoms with E-state index in [0.717, 1.165) is 48.3 Å². The van der Waals surface area contributed by atoms with E-state index in [2.05, 4.69) is 25.9 Å². The Labute approximate surface area is 128 Å². The zero-order valence-corrected chi connectivity index (χ0v) is 13.8. The molecule has 0 atom stereocenters. The van der Waals surface area contributed by atoms with Crippen molar-refractivity contribution in [2.24, 2.45) is 5.73 Å². The predicted molar refractivity (Wildman–Crippen MR) is 82.7 cm³/mol. The lowest BCUT2D eigenvalue weighted by Gasteiger charge is -2.29. The van der Waals surface area contributed by atoms with Crippen LogP contribution in [0, 0.1) is 6.92 Å². The Morgan fingerprint density at radius 3 is 2.70 bits per heavy atom. The van der Waals surface area contributed by atoms with Crippen LogP contribution in [-0.4, -0.2) is 46.1 Å². The van der Waals surface area contributed by atoms with E-state index in [1.165, 1.54) is 0 Å². The number of hydrogen-bond donors (Lipinski definition) is 1. The van der Waals surface area contributed by atoms with Crippen molar-refractivity contribution in [2.75, 3.05) is 19.6 Å². The van der Waals surface area contributed by atoms with Crippen LogP contribution in [-0.2, 0) is 17.8 Å². The van der Waals surface area contributed by atoms with Gasteiger partial charge in [0, 0.05) is 25.7 Å². The van der Waals surface area contributed by atoms with Gasteiger partial charge in [-0.05, 0) is 42.6 Å². The van der Waals surface area contributed by atoms with Gasteiger partial charge < -0.3 is 5.73 Å². The summed E-state index contributed by atoms with van der Waals surface area (Å²) in [4.78, 5) is 14.5. The Bertz CT molecular complexity index is 478. The van der Waals surface area contributed by atoms with Crippen molar-refractivity contribution in [3.63, 3.8) is 0 Å². The second-order valence-electron chi connectivity index (χ2n) is 5.49. The molecule has 6 heteroatoms. The molecule has 0 amide bonds. The number of Topliss-reactive ketones (excluding diaryl/α,β-unsaturated/α-hetero) is 1. The van der Waals surface area contributed by atoms with Gasteiger partial charge in [0.2, 0.25) is 0 Å². The minimum atomic E-state index is 0.246. The molecule has 1 aliphatic heterocycles. The molecular weight excluding hydrogens is 320 g/mol. The molecule has 0 bridgehead atoms. The highest BCUT2D eigenvalue weighted by Gasteiger charge is 2.20. The zero-order valence-electron chi connectivity index (χ0n) is 12.2. The highest BCUT2D eigenvalue weighted by atomic mass is 79.9. The number of rotatable bonds is 5. The van der Waals surface area contributed by atoms with Crippen molar-refractivity contribution in [1.82, 2.24) is 14.7 Å². The summed E-state index contributed by atoms with van der Waals surface area (Å²) in [6.07, 6.45) is 2.42. The molecule has 5 nitrogen and oxygen atoms in total. The molecule has 0 radical (unpaired) electrons. The summed E-state index contributed by atoms with van der Waals surface area (Å²) >= 11 is 3.54. The first-order valence-corrected chi connectivity index (χ1v) is 8.02. The lowest BCUT2D eigenvalue weighted by molar-refractivity contribution is -0.119. The average Bonchev–Trinajstić information content (AvgIpc) is 2.69. The molecule has 2 heterocycles. The van der Waals surface area contributed by atoms with Crippen molar-refractivity contribution in [1.29, 1.82) is 0 Å². The van der Waals surface area contributed by atoms with Crippen LogP contribution in [0.4, 0.5) is 0 Å². The molecule has 0 saturated carbocycles. The van der Waals surface area contributed by atoms with Gasteiger partial charge in [0.1, 0.15) is 0 Å². The van der Waals surface area contributed by atoms with E-state index in [4.69, 9.17) is 5.73 Å². The first-order valence-electron chi connectivity index (χ1n) is 7.22. The highest BCUT2D eigenvalue weighted by molar-refractivity contribution is 9.10. The van der Waals surface area contributed by atoms with Crippen LogP contribution in [0.1, 0.15) is 31.2 Å². The number of ketones is 1. The lowest BCUT2D eigenvalue weighted by Crippen LogP contribution is -2.42. The predicted octanol–water partition coefficient (Wildman–Crippen LogP) is 1.51. The third-order valence-corrected chi connectivity index (χ3v) is 4.88. The molecule has 2 rings (SSSR count). The summed E-state index contributed by atoms with van der Waals surface area (Å²) in [6.45, 7) is 7.16. The molecule has 0 aliphatic carbocycles. The third kappa shape index (κ3) is 3.68. The van der Waals surface area contributed by atoms with Gasteiger partial charge in [-0.25, -0.2) is 0 Å². The first-order chi connectivity index (χ1) is 9.51. The Hall–Kier alpha value is -0.720. The fourth-order valence-electron chi connectivity index (χ4n) is 2.64. The van der Waals surface area contributed by atoms with Crippen molar-refractivity contribution in [2.45, 2.75) is 45.7 Å². The van der Waals surface area contributed by atoms with Crippen molar-refractivity contribution in [3.05, 3.63) is 15.9 Å². The van der Waals surface area contributed by atoms with E-state index in [1.807, 2.05) is 18.5 Å². The second-order valence-corrected chi connectivity index (χ2v) is 6.28. The van der Waals surface area contributed by atoms with Crippen molar-refractivity contribution in [3.8, 4) is 0 Å². The maximum absolute atomic E-state index is 12.3. The van der Waals surface area contributed by atoms with Gasteiger partial charge in [-0.1, -0.05) is 0 Å². The molecule has 20 heavy (non-hydrogen) atoms. The summed E-state index contributed by atoms with van der Waals surface area (Å²) < 4.78 is 2.87. The maximum atomic E-state index is 12.3. The van der Waals surface area contributed by atoms with E-state index >= 15 is 0 Å². The number of carbonyl (C=O) groups excluding carboxylic acids is 1. The Balaban J connectivity index is 1.94. The molecule has 1 aliphatic rings. The summed E-state index contributed by atoms with van der Waals surface area (Å²) in [5.41, 5.74) is 7.82. The van der Waals surface area contributed by atoms with Crippen LogP contribution in [0.3, 0.4) is 0 Å². The largest absolute Gasteiger partial charge is 0.328 e. The second kappa shape index (κ2) is 6.83. The fourth-order valence-corrected chi connectivity index (χ4v) is 3.07. The molecule has 0 unspecified atom stereocenters. The smallest absolute Gasteiger partial charge is 0.152 e. The number of halogens is 1. The molecule has 0 spiro atoms. The normalized spacial score (nSPS) is 17.6. The van der Waals surface area contributed by atoms with Crippen molar-refractivity contribution >= 4 is 21.7 Å². The minimum Gasteiger partial charge on any atom is -0.328 e. The number of aromatic nitrogens is 2. The van der Waals surface area contributed by atoms with E-state index in [1.54, 1.807) is 0 Å².